The Bertz CT molecular complexity index is 186. The average Bonchev–Trinajstić information content (AvgIpc) is 2.77. The van der Waals surface area contributed by atoms with Crippen LogP contribution in [-0.2, 0) is 4.74 Å². The molecule has 3 nitrogen and oxygen atoms in total. The van der Waals surface area contributed by atoms with E-state index in [9.17, 15) is 0 Å². The first-order chi connectivity index (χ1) is 6.79. The lowest BCUT2D eigenvalue weighted by molar-refractivity contribution is 0.172. The zero-order valence-corrected chi connectivity index (χ0v) is 9.11. The van der Waals surface area contributed by atoms with Crippen LogP contribution in [-0.4, -0.2) is 43.8 Å². The summed E-state index contributed by atoms with van der Waals surface area (Å²) in [6.07, 6.45) is 2.70. The highest BCUT2D eigenvalue weighted by Crippen LogP contribution is 2.22. The number of likely N-dealkylation sites (tertiary alicyclic amines) is 1. The van der Waals surface area contributed by atoms with Gasteiger partial charge in [0.05, 0.1) is 13.2 Å². The van der Waals surface area contributed by atoms with E-state index in [1.807, 2.05) is 0 Å². The first-order valence-corrected chi connectivity index (χ1v) is 5.85. The molecule has 0 spiro atoms. The van der Waals surface area contributed by atoms with Crippen molar-refractivity contribution in [2.45, 2.75) is 25.8 Å². The van der Waals surface area contributed by atoms with E-state index in [0.29, 0.717) is 5.92 Å². The van der Waals surface area contributed by atoms with Gasteiger partial charge in [-0.15, -0.1) is 0 Å². The molecule has 0 radical (unpaired) electrons. The van der Waals surface area contributed by atoms with Crippen molar-refractivity contribution < 1.29 is 4.74 Å². The molecule has 14 heavy (non-hydrogen) atoms. The molecular weight excluding hydrogens is 176 g/mol. The summed E-state index contributed by atoms with van der Waals surface area (Å²) in [5.74, 6) is 1.50. The summed E-state index contributed by atoms with van der Waals surface area (Å²) in [4.78, 5) is 2.56. The predicted molar refractivity (Wildman–Crippen MR) is 57.1 cm³/mol. The zero-order chi connectivity index (χ0) is 9.97. The Hall–Kier alpha value is -0.120. The van der Waals surface area contributed by atoms with Gasteiger partial charge >= 0.3 is 0 Å². The molecule has 0 aromatic rings. The van der Waals surface area contributed by atoms with Gasteiger partial charge in [0.25, 0.3) is 0 Å². The van der Waals surface area contributed by atoms with Gasteiger partial charge in [-0.1, -0.05) is 13.3 Å². The molecule has 0 saturated carbocycles. The lowest BCUT2D eigenvalue weighted by Crippen LogP contribution is -2.37. The molecule has 0 bridgehead atoms. The zero-order valence-electron chi connectivity index (χ0n) is 9.11. The van der Waals surface area contributed by atoms with Crippen LogP contribution in [0.4, 0.5) is 0 Å². The molecule has 2 N–H and O–H groups in total. The van der Waals surface area contributed by atoms with Crippen LogP contribution in [0.15, 0.2) is 0 Å². The van der Waals surface area contributed by atoms with Gasteiger partial charge in [-0.3, -0.25) is 0 Å². The van der Waals surface area contributed by atoms with E-state index in [-0.39, 0.29) is 6.04 Å². The van der Waals surface area contributed by atoms with Gasteiger partial charge in [-0.2, -0.15) is 0 Å². The summed E-state index contributed by atoms with van der Waals surface area (Å²) in [5, 5.41) is 0. The third-order valence-electron chi connectivity index (χ3n) is 3.69. The third kappa shape index (κ3) is 2.27. The Morgan fingerprint density at radius 3 is 2.86 bits per heavy atom. The normalized spacial score (nSPS) is 39.4. The molecule has 3 unspecified atom stereocenters. The molecule has 3 heteroatoms. The van der Waals surface area contributed by atoms with Gasteiger partial charge in [-0.05, 0) is 18.9 Å². The van der Waals surface area contributed by atoms with Gasteiger partial charge in [-0.25, -0.2) is 0 Å². The fourth-order valence-corrected chi connectivity index (χ4v) is 2.55. The van der Waals surface area contributed by atoms with E-state index >= 15 is 0 Å². The number of ether oxygens (including phenoxy) is 1. The molecule has 82 valence electrons. The highest BCUT2D eigenvalue weighted by molar-refractivity contribution is 4.83. The first-order valence-electron chi connectivity index (χ1n) is 5.85. The van der Waals surface area contributed by atoms with E-state index in [1.165, 1.54) is 25.9 Å². The van der Waals surface area contributed by atoms with Crippen molar-refractivity contribution in [3.63, 3.8) is 0 Å². The summed E-state index contributed by atoms with van der Waals surface area (Å²) in [7, 11) is 0. The van der Waals surface area contributed by atoms with Crippen LogP contribution in [0.25, 0.3) is 0 Å². The fraction of sp³-hybridized carbons (Fsp3) is 1.00. The van der Waals surface area contributed by atoms with Crippen LogP contribution in [0, 0.1) is 11.8 Å². The molecule has 2 heterocycles. The Kier molecular flexibility index (Phi) is 3.42. The van der Waals surface area contributed by atoms with E-state index < -0.39 is 0 Å². The molecule has 0 aromatic heterocycles. The van der Waals surface area contributed by atoms with Crippen LogP contribution in [0.2, 0.25) is 0 Å². The summed E-state index contributed by atoms with van der Waals surface area (Å²) < 4.78 is 5.38. The minimum atomic E-state index is 0.274. The van der Waals surface area contributed by atoms with Crippen LogP contribution >= 0.6 is 0 Å². The van der Waals surface area contributed by atoms with Crippen molar-refractivity contribution in [3.05, 3.63) is 0 Å². The molecule has 0 aromatic carbocycles. The van der Waals surface area contributed by atoms with Gasteiger partial charge in [0.2, 0.25) is 0 Å². The fourth-order valence-electron chi connectivity index (χ4n) is 2.55. The van der Waals surface area contributed by atoms with E-state index in [0.717, 1.165) is 25.7 Å². The monoisotopic (exact) mass is 198 g/mol. The number of hydrogen-bond acceptors (Lipinski definition) is 3. The van der Waals surface area contributed by atoms with Crippen molar-refractivity contribution >= 4 is 0 Å². The van der Waals surface area contributed by atoms with Crippen molar-refractivity contribution in [1.29, 1.82) is 0 Å². The van der Waals surface area contributed by atoms with Crippen molar-refractivity contribution in [2.75, 3.05) is 32.8 Å². The van der Waals surface area contributed by atoms with Crippen molar-refractivity contribution in [2.24, 2.45) is 17.6 Å². The molecule has 2 fully saturated rings. The molecular formula is C11H22N2O. The van der Waals surface area contributed by atoms with E-state index in [1.54, 1.807) is 0 Å². The maximum absolute atomic E-state index is 5.97. The summed E-state index contributed by atoms with van der Waals surface area (Å²) in [6, 6.07) is 0.274. The Balaban J connectivity index is 1.75. The Labute approximate surface area is 86.6 Å². The van der Waals surface area contributed by atoms with E-state index in [4.69, 9.17) is 10.5 Å². The molecule has 0 amide bonds. The highest BCUT2D eigenvalue weighted by atomic mass is 16.5. The Morgan fingerprint density at radius 2 is 2.29 bits per heavy atom. The summed E-state index contributed by atoms with van der Waals surface area (Å²) in [6.45, 7) is 7.61. The lowest BCUT2D eigenvalue weighted by atomic mass is 10.0. The van der Waals surface area contributed by atoms with E-state index in [2.05, 4.69) is 11.8 Å². The topological polar surface area (TPSA) is 38.5 Å². The second kappa shape index (κ2) is 4.60. The average molecular weight is 198 g/mol. The quantitative estimate of drug-likeness (QED) is 0.725. The third-order valence-corrected chi connectivity index (χ3v) is 3.69. The summed E-state index contributed by atoms with van der Waals surface area (Å²) in [5.41, 5.74) is 5.97. The molecule has 2 aliphatic heterocycles. The van der Waals surface area contributed by atoms with Crippen LogP contribution in [0.3, 0.4) is 0 Å². The molecule has 2 rings (SSSR count). The van der Waals surface area contributed by atoms with Gasteiger partial charge in [0, 0.05) is 25.0 Å². The van der Waals surface area contributed by atoms with Gasteiger partial charge in [0.15, 0.2) is 0 Å². The predicted octanol–water partition coefficient (Wildman–Crippen LogP) is 0.692. The maximum Gasteiger partial charge on any atom is 0.0621 e. The van der Waals surface area contributed by atoms with Crippen molar-refractivity contribution in [1.82, 2.24) is 4.90 Å². The van der Waals surface area contributed by atoms with Crippen LogP contribution in [0.1, 0.15) is 19.8 Å². The second-order valence-corrected chi connectivity index (χ2v) is 4.78. The second-order valence-electron chi connectivity index (χ2n) is 4.78. The number of hydrogen-bond donors (Lipinski definition) is 1. The van der Waals surface area contributed by atoms with Gasteiger partial charge in [0.1, 0.15) is 0 Å². The minimum absolute atomic E-state index is 0.274. The number of rotatable bonds is 3. The SMILES string of the molecule is CCC1CCN(CC2COCC2N)C1. The standard InChI is InChI=1S/C11H22N2O/c1-2-9-3-4-13(5-9)6-10-7-14-8-11(10)12/h9-11H,2-8,12H2,1H3. The molecule has 0 aliphatic carbocycles. The molecule has 2 aliphatic rings. The number of nitrogens with two attached hydrogens (primary N) is 1. The smallest absolute Gasteiger partial charge is 0.0621 e. The van der Waals surface area contributed by atoms with Crippen LogP contribution in [0.5, 0.6) is 0 Å². The minimum Gasteiger partial charge on any atom is -0.379 e. The highest BCUT2D eigenvalue weighted by Gasteiger charge is 2.29. The molecule has 2 saturated heterocycles. The first kappa shape index (κ1) is 10.4. The van der Waals surface area contributed by atoms with Gasteiger partial charge < -0.3 is 15.4 Å². The maximum atomic E-state index is 5.97. The van der Waals surface area contributed by atoms with Crippen LogP contribution < -0.4 is 5.73 Å². The molecule has 3 atom stereocenters. The lowest BCUT2D eigenvalue weighted by Gasteiger charge is -2.21. The van der Waals surface area contributed by atoms with Crippen molar-refractivity contribution in [3.8, 4) is 0 Å². The Morgan fingerprint density at radius 1 is 1.43 bits per heavy atom. The largest absolute Gasteiger partial charge is 0.379 e. The number of nitrogens with zero attached hydrogens (tertiary/aromatic N) is 1. The summed E-state index contributed by atoms with van der Waals surface area (Å²) >= 11 is 0.